The van der Waals surface area contributed by atoms with Crippen molar-refractivity contribution >= 4 is 22.8 Å². The fourth-order valence-corrected chi connectivity index (χ4v) is 6.05. The van der Waals surface area contributed by atoms with Crippen molar-refractivity contribution in [1.82, 2.24) is 9.88 Å². The maximum absolute atomic E-state index is 12.4. The van der Waals surface area contributed by atoms with Crippen molar-refractivity contribution in [3.05, 3.63) is 35.5 Å². The summed E-state index contributed by atoms with van der Waals surface area (Å²) in [7, 11) is 1.43. The molecule has 0 spiro atoms. The highest BCUT2D eigenvalue weighted by Crippen LogP contribution is 2.49. The molecule has 180 valence electrons. The van der Waals surface area contributed by atoms with Crippen molar-refractivity contribution in [2.24, 2.45) is 17.8 Å². The van der Waals surface area contributed by atoms with E-state index in [9.17, 15) is 14.7 Å². The van der Waals surface area contributed by atoms with E-state index in [1.807, 2.05) is 6.92 Å². The molecule has 1 aromatic heterocycles. The lowest BCUT2D eigenvalue weighted by molar-refractivity contribution is -0.160. The minimum Gasteiger partial charge on any atom is -0.469 e. The first-order chi connectivity index (χ1) is 15.9. The Kier molecular flexibility index (Phi) is 7.39. The number of fused-ring (bicyclic) bond motifs is 6. The van der Waals surface area contributed by atoms with Crippen molar-refractivity contribution < 1.29 is 24.2 Å². The van der Waals surface area contributed by atoms with Crippen LogP contribution in [0.15, 0.2) is 24.3 Å². The number of hydrogen-bond acceptors (Lipinski definition) is 6. The van der Waals surface area contributed by atoms with Crippen LogP contribution in [0.4, 0.5) is 0 Å². The van der Waals surface area contributed by atoms with Crippen molar-refractivity contribution in [1.29, 1.82) is 0 Å². The van der Waals surface area contributed by atoms with Gasteiger partial charge >= 0.3 is 11.9 Å². The molecule has 2 fully saturated rings. The number of hydrogen-bond donors (Lipinski definition) is 2. The van der Waals surface area contributed by atoms with Crippen LogP contribution in [0.2, 0.25) is 0 Å². The van der Waals surface area contributed by atoms with Gasteiger partial charge in [-0.3, -0.25) is 14.5 Å². The smallest absolute Gasteiger partial charge is 0.311 e. The Labute approximate surface area is 195 Å². The monoisotopic (exact) mass is 456 g/mol. The third-order valence-corrected chi connectivity index (χ3v) is 7.53. The number of aromatic nitrogens is 1. The Balaban J connectivity index is 0.000000325. The zero-order valence-electron chi connectivity index (χ0n) is 19.9. The first-order valence-electron chi connectivity index (χ1n) is 12.2. The van der Waals surface area contributed by atoms with E-state index >= 15 is 0 Å². The lowest BCUT2D eigenvalue weighted by atomic mass is 9.65. The molecule has 1 saturated heterocycles. The van der Waals surface area contributed by atoms with Gasteiger partial charge < -0.3 is 19.6 Å². The van der Waals surface area contributed by atoms with Gasteiger partial charge in [-0.15, -0.1) is 0 Å². The van der Waals surface area contributed by atoms with Crippen molar-refractivity contribution in [2.75, 3.05) is 26.8 Å². The third-order valence-electron chi connectivity index (χ3n) is 7.53. The predicted molar refractivity (Wildman–Crippen MR) is 126 cm³/mol. The Morgan fingerprint density at radius 2 is 2.03 bits per heavy atom. The summed E-state index contributed by atoms with van der Waals surface area (Å²) in [5.74, 6) is -0.139. The van der Waals surface area contributed by atoms with E-state index in [1.54, 1.807) is 0 Å². The van der Waals surface area contributed by atoms with Gasteiger partial charge in [-0.1, -0.05) is 25.1 Å². The number of nitrogens with zero attached hydrogens (tertiary/aromatic N) is 1. The number of carbonyl (C=O) groups is 2. The summed E-state index contributed by atoms with van der Waals surface area (Å²) < 4.78 is 9.59. The number of benzene rings is 1. The van der Waals surface area contributed by atoms with Gasteiger partial charge in [0.1, 0.15) is 0 Å². The number of piperidine rings is 1. The lowest BCUT2D eigenvalue weighted by Gasteiger charge is -2.50. The Morgan fingerprint density at radius 1 is 1.24 bits per heavy atom. The van der Waals surface area contributed by atoms with Crippen LogP contribution in [0, 0.1) is 17.8 Å². The number of aliphatic hydroxyl groups is 1. The number of aliphatic hydroxyl groups excluding tert-OH is 1. The number of rotatable bonds is 3. The van der Waals surface area contributed by atoms with Crippen LogP contribution in [0.1, 0.15) is 56.8 Å². The molecule has 0 bridgehead atoms. The second kappa shape index (κ2) is 10.3. The van der Waals surface area contributed by atoms with E-state index in [1.165, 1.54) is 36.2 Å². The average Bonchev–Trinajstić information content (AvgIpc) is 3.20. The summed E-state index contributed by atoms with van der Waals surface area (Å²) in [5, 5.41) is 11.8. The summed E-state index contributed by atoms with van der Waals surface area (Å²) in [4.78, 5) is 28.6. The molecule has 5 atom stereocenters. The molecule has 2 aromatic rings. The SMILES string of the molecule is CCCOC(C)=O.COC(=O)[C@@H]1[C@H]2C[C@H]3c4[nH]c5ccccc5c4CCN3C[C@@H]2CC[C@@H]1O. The number of para-hydroxylation sites is 1. The van der Waals surface area contributed by atoms with Gasteiger partial charge in [0.15, 0.2) is 0 Å². The van der Waals surface area contributed by atoms with Crippen LogP contribution in [0.3, 0.4) is 0 Å². The number of methoxy groups -OCH3 is 1. The van der Waals surface area contributed by atoms with Crippen LogP contribution in [-0.2, 0) is 25.5 Å². The van der Waals surface area contributed by atoms with Gasteiger partial charge in [0.05, 0.1) is 31.8 Å². The van der Waals surface area contributed by atoms with Crippen LogP contribution < -0.4 is 0 Å². The van der Waals surface area contributed by atoms with Crippen LogP contribution >= 0.6 is 0 Å². The summed E-state index contributed by atoms with van der Waals surface area (Å²) in [6.07, 6.45) is 4.04. The zero-order chi connectivity index (χ0) is 23.5. The third kappa shape index (κ3) is 4.80. The molecule has 7 nitrogen and oxygen atoms in total. The van der Waals surface area contributed by atoms with Crippen molar-refractivity contribution in [3.63, 3.8) is 0 Å². The fourth-order valence-electron chi connectivity index (χ4n) is 6.05. The number of H-pyrrole nitrogens is 1. The number of nitrogens with one attached hydrogen (secondary N) is 1. The zero-order valence-corrected chi connectivity index (χ0v) is 19.9. The molecular weight excluding hydrogens is 420 g/mol. The topological polar surface area (TPSA) is 91.9 Å². The highest BCUT2D eigenvalue weighted by Gasteiger charge is 2.49. The maximum atomic E-state index is 12.4. The molecule has 0 radical (unpaired) electrons. The van der Waals surface area contributed by atoms with Crippen LogP contribution in [-0.4, -0.2) is 59.8 Å². The second-order valence-electron chi connectivity index (χ2n) is 9.52. The molecule has 3 heterocycles. The molecule has 2 aliphatic heterocycles. The molecule has 2 N–H and O–H groups in total. The molecule has 3 aliphatic rings. The first kappa shape index (κ1) is 23.8. The summed E-state index contributed by atoms with van der Waals surface area (Å²) in [6.45, 7) is 6.02. The first-order valence-corrected chi connectivity index (χ1v) is 12.2. The largest absolute Gasteiger partial charge is 0.469 e. The highest BCUT2D eigenvalue weighted by molar-refractivity contribution is 5.85. The average molecular weight is 457 g/mol. The van der Waals surface area contributed by atoms with E-state index in [-0.39, 0.29) is 23.8 Å². The quantitative estimate of drug-likeness (QED) is 0.686. The van der Waals surface area contributed by atoms with Gasteiger partial charge in [0.2, 0.25) is 0 Å². The molecule has 5 rings (SSSR count). The highest BCUT2D eigenvalue weighted by atomic mass is 16.5. The Bertz CT molecular complexity index is 986. The second-order valence-corrected chi connectivity index (χ2v) is 9.52. The van der Waals surface area contributed by atoms with Crippen LogP contribution in [0.5, 0.6) is 0 Å². The van der Waals surface area contributed by atoms with Crippen molar-refractivity contribution in [2.45, 2.75) is 58.1 Å². The van der Waals surface area contributed by atoms with E-state index < -0.39 is 6.10 Å². The number of aromatic amines is 1. The standard InChI is InChI=1S/C21H26N2O3.C5H10O2/c1-26-21(25)19-15-10-17-20-14(13-4-2-3-5-16(13)22-20)8-9-23(17)11-12(15)6-7-18(19)24;1-3-4-7-5(2)6/h2-5,12,15,17-19,22,24H,6-11H2,1H3;3-4H2,1-2H3/t12-,15-,17-,18-,19+;/m0./s1. The molecule has 0 amide bonds. The number of esters is 2. The lowest BCUT2D eigenvalue weighted by Crippen LogP contribution is -2.53. The number of carbonyl (C=O) groups excluding carboxylic acids is 2. The van der Waals surface area contributed by atoms with Gasteiger partial charge in [0.25, 0.3) is 0 Å². The summed E-state index contributed by atoms with van der Waals surface area (Å²) in [5.41, 5.74) is 3.96. The molecular formula is C26H36N2O5. The minimum atomic E-state index is -0.568. The van der Waals surface area contributed by atoms with E-state index in [0.717, 1.165) is 38.8 Å². The Morgan fingerprint density at radius 3 is 2.73 bits per heavy atom. The van der Waals surface area contributed by atoms with Gasteiger partial charge in [-0.05, 0) is 55.6 Å². The summed E-state index contributed by atoms with van der Waals surface area (Å²) in [6, 6.07) is 8.83. The fraction of sp³-hybridized carbons (Fsp3) is 0.615. The maximum Gasteiger partial charge on any atom is 0.311 e. The van der Waals surface area contributed by atoms with Gasteiger partial charge in [-0.2, -0.15) is 0 Å². The summed E-state index contributed by atoms with van der Waals surface area (Å²) >= 11 is 0. The Hall–Kier alpha value is -2.38. The van der Waals surface area contributed by atoms with E-state index in [2.05, 4.69) is 38.9 Å². The molecule has 1 aliphatic carbocycles. The molecule has 7 heteroatoms. The molecule has 33 heavy (non-hydrogen) atoms. The normalized spacial score (nSPS) is 28.5. The van der Waals surface area contributed by atoms with E-state index in [4.69, 9.17) is 4.74 Å². The van der Waals surface area contributed by atoms with E-state index in [0.29, 0.717) is 25.0 Å². The van der Waals surface area contributed by atoms with Crippen LogP contribution in [0.25, 0.3) is 10.9 Å². The van der Waals surface area contributed by atoms with Crippen molar-refractivity contribution in [3.8, 4) is 0 Å². The molecule has 1 saturated carbocycles. The minimum absolute atomic E-state index is 0.193. The molecule has 0 unspecified atom stereocenters. The number of ether oxygens (including phenoxy) is 2. The van der Waals surface area contributed by atoms with Gasteiger partial charge in [-0.25, -0.2) is 0 Å². The molecule has 1 aromatic carbocycles. The van der Waals surface area contributed by atoms with Gasteiger partial charge in [0, 0.05) is 36.6 Å². The predicted octanol–water partition coefficient (Wildman–Crippen LogP) is 3.61.